The summed E-state index contributed by atoms with van der Waals surface area (Å²) in [7, 11) is 0. The average Bonchev–Trinajstić information content (AvgIpc) is 2.15. The van der Waals surface area contributed by atoms with E-state index < -0.39 is 5.97 Å². The molecule has 0 bridgehead atoms. The molecule has 1 heterocycles. The van der Waals surface area contributed by atoms with Crippen molar-refractivity contribution in [2.75, 3.05) is 0 Å². The summed E-state index contributed by atoms with van der Waals surface area (Å²) in [6.07, 6.45) is 3.00. The van der Waals surface area contributed by atoms with Crippen molar-refractivity contribution in [2.45, 2.75) is 13.5 Å². The normalized spacial score (nSPS) is 9.31. The SMILES string of the molecule is C=C(C)C(=O)OCc1ccncn1. The van der Waals surface area contributed by atoms with Gasteiger partial charge >= 0.3 is 5.97 Å². The molecule has 4 nitrogen and oxygen atoms in total. The number of aromatic nitrogens is 2. The summed E-state index contributed by atoms with van der Waals surface area (Å²) in [6, 6.07) is 1.69. The molecular weight excluding hydrogens is 168 g/mol. The number of rotatable bonds is 3. The van der Waals surface area contributed by atoms with E-state index >= 15 is 0 Å². The second kappa shape index (κ2) is 4.35. The summed E-state index contributed by atoms with van der Waals surface area (Å²) in [6.45, 7) is 5.22. The van der Waals surface area contributed by atoms with Gasteiger partial charge in [-0.15, -0.1) is 0 Å². The van der Waals surface area contributed by atoms with E-state index in [0.29, 0.717) is 11.3 Å². The maximum Gasteiger partial charge on any atom is 0.333 e. The maximum absolute atomic E-state index is 11.0. The molecule has 1 aromatic rings. The van der Waals surface area contributed by atoms with Crippen LogP contribution in [-0.4, -0.2) is 15.9 Å². The Kier molecular flexibility index (Phi) is 3.14. The van der Waals surface area contributed by atoms with Crippen molar-refractivity contribution in [3.63, 3.8) is 0 Å². The van der Waals surface area contributed by atoms with Crippen molar-refractivity contribution < 1.29 is 9.53 Å². The minimum absolute atomic E-state index is 0.161. The third kappa shape index (κ3) is 3.02. The van der Waals surface area contributed by atoms with E-state index in [9.17, 15) is 4.79 Å². The largest absolute Gasteiger partial charge is 0.456 e. The predicted molar refractivity (Wildman–Crippen MR) is 46.6 cm³/mol. The molecule has 0 fully saturated rings. The van der Waals surface area contributed by atoms with Crippen LogP contribution in [0.4, 0.5) is 0 Å². The van der Waals surface area contributed by atoms with Gasteiger partial charge in [-0.3, -0.25) is 0 Å². The molecule has 0 spiro atoms. The van der Waals surface area contributed by atoms with Crippen LogP contribution in [0, 0.1) is 0 Å². The van der Waals surface area contributed by atoms with Crippen LogP contribution in [0.1, 0.15) is 12.6 Å². The first-order valence-electron chi connectivity index (χ1n) is 3.77. The highest BCUT2D eigenvalue weighted by Gasteiger charge is 2.03. The van der Waals surface area contributed by atoms with E-state index in [0.717, 1.165) is 0 Å². The van der Waals surface area contributed by atoms with Crippen molar-refractivity contribution in [1.29, 1.82) is 0 Å². The standard InChI is InChI=1S/C9H10N2O2/c1-7(2)9(12)13-5-8-3-4-10-6-11-8/h3-4,6H,1,5H2,2H3. The molecule has 0 atom stereocenters. The molecule has 0 aliphatic carbocycles. The number of esters is 1. The minimum Gasteiger partial charge on any atom is -0.456 e. The van der Waals surface area contributed by atoms with E-state index in [1.54, 1.807) is 19.2 Å². The Morgan fingerprint density at radius 1 is 1.69 bits per heavy atom. The summed E-state index contributed by atoms with van der Waals surface area (Å²) in [4.78, 5) is 18.6. The summed E-state index contributed by atoms with van der Waals surface area (Å²) < 4.78 is 4.86. The molecule has 13 heavy (non-hydrogen) atoms. The van der Waals surface area contributed by atoms with E-state index in [1.807, 2.05) is 0 Å². The quantitative estimate of drug-likeness (QED) is 0.513. The fraction of sp³-hybridized carbons (Fsp3) is 0.222. The molecule has 0 aliphatic rings. The average molecular weight is 178 g/mol. The van der Waals surface area contributed by atoms with Crippen molar-refractivity contribution in [1.82, 2.24) is 9.97 Å². The van der Waals surface area contributed by atoms with Gasteiger partial charge in [-0.25, -0.2) is 14.8 Å². The number of hydrogen-bond acceptors (Lipinski definition) is 4. The number of nitrogens with zero attached hydrogens (tertiary/aromatic N) is 2. The molecule has 0 aliphatic heterocycles. The van der Waals surface area contributed by atoms with Gasteiger partial charge < -0.3 is 4.74 Å². The molecule has 0 unspecified atom stereocenters. The molecule has 1 rings (SSSR count). The highest BCUT2D eigenvalue weighted by atomic mass is 16.5. The molecule has 0 radical (unpaired) electrons. The molecular formula is C9H10N2O2. The molecule has 68 valence electrons. The Balaban J connectivity index is 2.44. The highest BCUT2D eigenvalue weighted by Crippen LogP contribution is 1.98. The maximum atomic E-state index is 11.0. The fourth-order valence-corrected chi connectivity index (χ4v) is 0.666. The minimum atomic E-state index is -0.404. The Bertz CT molecular complexity index is 309. The van der Waals surface area contributed by atoms with Crippen LogP contribution in [-0.2, 0) is 16.1 Å². The number of ether oxygens (including phenoxy) is 1. The van der Waals surface area contributed by atoms with Crippen LogP contribution in [0.3, 0.4) is 0 Å². The van der Waals surface area contributed by atoms with Gasteiger partial charge in [-0.1, -0.05) is 6.58 Å². The summed E-state index contributed by atoms with van der Waals surface area (Å²) in [5.41, 5.74) is 1.05. The van der Waals surface area contributed by atoms with Gasteiger partial charge in [0.2, 0.25) is 0 Å². The highest BCUT2D eigenvalue weighted by molar-refractivity contribution is 5.86. The first-order valence-corrected chi connectivity index (χ1v) is 3.77. The zero-order valence-electron chi connectivity index (χ0n) is 7.36. The second-order valence-corrected chi connectivity index (χ2v) is 2.56. The van der Waals surface area contributed by atoms with Crippen LogP contribution in [0.25, 0.3) is 0 Å². The third-order valence-corrected chi connectivity index (χ3v) is 1.34. The van der Waals surface area contributed by atoms with E-state index in [1.165, 1.54) is 6.33 Å². The van der Waals surface area contributed by atoms with Crippen molar-refractivity contribution in [3.05, 3.63) is 36.4 Å². The van der Waals surface area contributed by atoms with Gasteiger partial charge in [0.25, 0.3) is 0 Å². The fourth-order valence-electron chi connectivity index (χ4n) is 0.666. The molecule has 0 amide bonds. The lowest BCUT2D eigenvalue weighted by molar-refractivity contribution is -0.140. The van der Waals surface area contributed by atoms with Gasteiger partial charge in [-0.2, -0.15) is 0 Å². The molecule has 0 saturated carbocycles. The predicted octanol–water partition coefficient (Wildman–Crippen LogP) is 1.10. The zero-order valence-corrected chi connectivity index (χ0v) is 7.36. The van der Waals surface area contributed by atoms with Crippen LogP contribution in [0.2, 0.25) is 0 Å². The van der Waals surface area contributed by atoms with Crippen molar-refractivity contribution >= 4 is 5.97 Å². The van der Waals surface area contributed by atoms with Crippen LogP contribution >= 0.6 is 0 Å². The van der Waals surface area contributed by atoms with Gasteiger partial charge in [0.1, 0.15) is 12.9 Å². The Labute approximate surface area is 76.3 Å². The third-order valence-electron chi connectivity index (χ3n) is 1.34. The summed E-state index contributed by atoms with van der Waals surface area (Å²) in [5, 5.41) is 0. The van der Waals surface area contributed by atoms with Gasteiger partial charge in [-0.05, 0) is 13.0 Å². The summed E-state index contributed by atoms with van der Waals surface area (Å²) in [5.74, 6) is -0.404. The number of carbonyl (C=O) groups excluding carboxylic acids is 1. The smallest absolute Gasteiger partial charge is 0.333 e. The van der Waals surface area contributed by atoms with E-state index in [-0.39, 0.29) is 6.61 Å². The Morgan fingerprint density at radius 2 is 2.46 bits per heavy atom. The van der Waals surface area contributed by atoms with Crippen LogP contribution in [0.15, 0.2) is 30.7 Å². The van der Waals surface area contributed by atoms with Gasteiger partial charge in [0.05, 0.1) is 5.69 Å². The van der Waals surface area contributed by atoms with Gasteiger partial charge in [0.15, 0.2) is 0 Å². The molecule has 0 aromatic carbocycles. The van der Waals surface area contributed by atoms with Crippen LogP contribution in [0.5, 0.6) is 0 Å². The van der Waals surface area contributed by atoms with Gasteiger partial charge in [0, 0.05) is 11.8 Å². The topological polar surface area (TPSA) is 52.1 Å². The first kappa shape index (κ1) is 9.38. The van der Waals surface area contributed by atoms with Crippen LogP contribution < -0.4 is 0 Å². The number of carbonyl (C=O) groups is 1. The van der Waals surface area contributed by atoms with Crippen molar-refractivity contribution in [3.8, 4) is 0 Å². The molecule has 0 N–H and O–H groups in total. The second-order valence-electron chi connectivity index (χ2n) is 2.56. The number of hydrogen-bond donors (Lipinski definition) is 0. The lowest BCUT2D eigenvalue weighted by Gasteiger charge is -2.02. The molecule has 1 aromatic heterocycles. The summed E-state index contributed by atoms with van der Waals surface area (Å²) >= 11 is 0. The first-order chi connectivity index (χ1) is 6.20. The molecule has 4 heteroatoms. The molecule has 0 saturated heterocycles. The van der Waals surface area contributed by atoms with Crippen molar-refractivity contribution in [2.24, 2.45) is 0 Å². The van der Waals surface area contributed by atoms with E-state index in [4.69, 9.17) is 4.74 Å². The Morgan fingerprint density at radius 3 is 3.00 bits per heavy atom. The zero-order chi connectivity index (χ0) is 9.68. The monoisotopic (exact) mass is 178 g/mol. The lowest BCUT2D eigenvalue weighted by Crippen LogP contribution is -2.05. The van der Waals surface area contributed by atoms with E-state index in [2.05, 4.69) is 16.5 Å². The Hall–Kier alpha value is -1.71. The lowest BCUT2D eigenvalue weighted by atomic mass is 10.3.